The summed E-state index contributed by atoms with van der Waals surface area (Å²) in [6, 6.07) is 4.08. The summed E-state index contributed by atoms with van der Waals surface area (Å²) in [4.78, 5) is 36.8. The highest BCUT2D eigenvalue weighted by Crippen LogP contribution is 2.47. The zero-order valence-electron chi connectivity index (χ0n) is 13.2. The van der Waals surface area contributed by atoms with Crippen LogP contribution in [0.5, 0.6) is 11.5 Å². The molecule has 128 valence electrons. The maximum absolute atomic E-state index is 13.0. The van der Waals surface area contributed by atoms with Crippen molar-refractivity contribution < 1.29 is 34.1 Å². The molecule has 1 aromatic carbocycles. The predicted octanol–water partition coefficient (Wildman–Crippen LogP) is 1.77. The lowest BCUT2D eigenvalue weighted by Gasteiger charge is -2.32. The molecule has 2 N–H and O–H groups in total. The number of fused-ring (bicyclic) bond motifs is 1. The Morgan fingerprint density at radius 1 is 1.33 bits per heavy atom. The maximum atomic E-state index is 13.0. The predicted molar refractivity (Wildman–Crippen MR) is 80.9 cm³/mol. The van der Waals surface area contributed by atoms with Crippen molar-refractivity contribution in [1.29, 1.82) is 0 Å². The van der Waals surface area contributed by atoms with E-state index in [0.717, 1.165) is 0 Å². The van der Waals surface area contributed by atoms with Gasteiger partial charge in [-0.15, -0.1) is 0 Å². The average molecular weight is 334 g/mol. The summed E-state index contributed by atoms with van der Waals surface area (Å²) >= 11 is 0. The number of carbonyl (C=O) groups excluding carboxylic acids is 2. The molecule has 0 amide bonds. The van der Waals surface area contributed by atoms with Gasteiger partial charge >= 0.3 is 11.9 Å². The first-order valence-corrected chi connectivity index (χ1v) is 7.76. The molecule has 24 heavy (non-hydrogen) atoms. The van der Waals surface area contributed by atoms with Crippen molar-refractivity contribution in [2.45, 2.75) is 31.3 Å². The first-order valence-electron chi connectivity index (χ1n) is 7.76. The topological polar surface area (TPSA) is 110 Å². The van der Waals surface area contributed by atoms with Crippen molar-refractivity contribution in [3.05, 3.63) is 23.8 Å². The molecule has 1 saturated carbocycles. The fraction of sp³-hybridized carbons (Fsp3) is 0.471. The van der Waals surface area contributed by atoms with Gasteiger partial charge < -0.3 is 19.7 Å². The molecule has 1 heterocycles. The normalized spacial score (nSPS) is 28.8. The number of methoxy groups -OCH3 is 1. The molecule has 1 aliphatic carbocycles. The highest BCUT2D eigenvalue weighted by molar-refractivity contribution is 6.10. The Kier molecular flexibility index (Phi) is 3.95. The first-order chi connectivity index (χ1) is 11.4. The molecule has 3 rings (SSSR count). The molecule has 7 heteroatoms. The fourth-order valence-electron chi connectivity index (χ4n) is 3.72. The van der Waals surface area contributed by atoms with Crippen molar-refractivity contribution in [2.75, 3.05) is 7.11 Å². The van der Waals surface area contributed by atoms with Gasteiger partial charge in [0.05, 0.1) is 18.6 Å². The summed E-state index contributed by atoms with van der Waals surface area (Å²) in [5, 5.41) is 19.2. The Morgan fingerprint density at radius 3 is 2.75 bits per heavy atom. The minimum absolute atomic E-state index is 0.0507. The molecule has 2 aliphatic rings. The molecule has 0 bridgehead atoms. The van der Waals surface area contributed by atoms with Crippen LogP contribution in [0.25, 0.3) is 0 Å². The second kappa shape index (κ2) is 5.81. The fourth-order valence-corrected chi connectivity index (χ4v) is 3.72. The van der Waals surface area contributed by atoms with Gasteiger partial charge in [0.25, 0.3) is 0 Å². The van der Waals surface area contributed by atoms with Crippen LogP contribution >= 0.6 is 0 Å². The minimum Gasteiger partial charge on any atom is -0.508 e. The third-order valence-corrected chi connectivity index (χ3v) is 4.87. The van der Waals surface area contributed by atoms with Gasteiger partial charge in [0.1, 0.15) is 17.4 Å². The van der Waals surface area contributed by atoms with Crippen LogP contribution < -0.4 is 4.74 Å². The second-order valence-corrected chi connectivity index (χ2v) is 6.25. The number of carboxylic acid groups (broad SMARTS) is 1. The van der Waals surface area contributed by atoms with Gasteiger partial charge in [-0.25, -0.2) is 0 Å². The Morgan fingerprint density at radius 2 is 2.08 bits per heavy atom. The van der Waals surface area contributed by atoms with E-state index in [1.807, 2.05) is 0 Å². The van der Waals surface area contributed by atoms with Crippen LogP contribution in [0.1, 0.15) is 36.0 Å². The number of esters is 1. The van der Waals surface area contributed by atoms with E-state index in [2.05, 4.69) is 0 Å². The van der Waals surface area contributed by atoms with Crippen molar-refractivity contribution in [3.63, 3.8) is 0 Å². The lowest BCUT2D eigenvalue weighted by atomic mass is 9.77. The van der Waals surface area contributed by atoms with Crippen LogP contribution in [0.2, 0.25) is 0 Å². The quantitative estimate of drug-likeness (QED) is 0.793. The van der Waals surface area contributed by atoms with E-state index >= 15 is 0 Å². The largest absolute Gasteiger partial charge is 0.508 e. The van der Waals surface area contributed by atoms with E-state index in [4.69, 9.17) is 9.47 Å². The average Bonchev–Trinajstić information content (AvgIpc) is 2.72. The smallest absolute Gasteiger partial charge is 0.311 e. The van der Waals surface area contributed by atoms with Gasteiger partial charge in [0.15, 0.2) is 5.60 Å². The van der Waals surface area contributed by atoms with Crippen LogP contribution in [0.3, 0.4) is 0 Å². The number of Topliss-reactive ketones (excluding diaryl/α,β-unsaturated/α-hetero) is 1. The van der Waals surface area contributed by atoms with Crippen LogP contribution in [0.15, 0.2) is 18.2 Å². The first kappa shape index (κ1) is 16.3. The van der Waals surface area contributed by atoms with E-state index < -0.39 is 35.2 Å². The Hall–Kier alpha value is -2.57. The zero-order chi connectivity index (χ0) is 17.5. The summed E-state index contributed by atoms with van der Waals surface area (Å²) < 4.78 is 10.6. The van der Waals surface area contributed by atoms with E-state index in [1.165, 1.54) is 25.3 Å². The van der Waals surface area contributed by atoms with Crippen molar-refractivity contribution in [2.24, 2.45) is 11.8 Å². The molecule has 0 saturated heterocycles. The molecule has 1 aromatic rings. The third kappa shape index (κ3) is 2.40. The maximum Gasteiger partial charge on any atom is 0.311 e. The van der Waals surface area contributed by atoms with Crippen molar-refractivity contribution in [3.8, 4) is 11.5 Å². The highest BCUT2D eigenvalue weighted by atomic mass is 16.5. The lowest BCUT2D eigenvalue weighted by Crippen LogP contribution is -2.51. The summed E-state index contributed by atoms with van der Waals surface area (Å²) in [5.41, 5.74) is -1.50. The molecule has 1 fully saturated rings. The summed E-state index contributed by atoms with van der Waals surface area (Å²) in [5.74, 6) is -3.65. The molecule has 0 aromatic heterocycles. The summed E-state index contributed by atoms with van der Waals surface area (Å²) in [6.07, 6.45) is 1.10. The molecular formula is C17H18O7. The molecule has 1 spiro atoms. The Balaban J connectivity index is 2.07. The number of hydrogen-bond acceptors (Lipinski definition) is 6. The zero-order valence-corrected chi connectivity index (χ0v) is 13.2. The number of aromatic hydroxyl groups is 1. The van der Waals surface area contributed by atoms with E-state index in [9.17, 15) is 24.6 Å². The molecule has 1 aliphatic heterocycles. The number of carboxylic acids is 1. The van der Waals surface area contributed by atoms with Gasteiger partial charge in [-0.3, -0.25) is 14.4 Å². The van der Waals surface area contributed by atoms with Crippen LogP contribution in [0.4, 0.5) is 0 Å². The minimum atomic E-state index is -1.64. The van der Waals surface area contributed by atoms with Crippen LogP contribution in [0, 0.1) is 11.8 Å². The number of aliphatic carboxylic acids is 1. The number of phenolic OH excluding ortho intramolecular Hbond substituents is 1. The van der Waals surface area contributed by atoms with Crippen molar-refractivity contribution >= 4 is 17.7 Å². The number of carbonyl (C=O) groups is 3. The third-order valence-electron chi connectivity index (χ3n) is 4.87. The standard InChI is InChI=1S/C17H18O7/c1-23-16(22)9-3-2-4-12(15(20)21)17(8-9)14(19)11-7-10(18)5-6-13(11)24-17/h5-7,9,12,18H,2-4,8H2,1H3,(H,20,21)/t9-,12-,17-/m0/s1. The van der Waals surface area contributed by atoms with E-state index in [0.29, 0.717) is 12.8 Å². The Bertz CT molecular complexity index is 711. The number of ketones is 1. The van der Waals surface area contributed by atoms with Crippen molar-refractivity contribution in [1.82, 2.24) is 0 Å². The molecule has 3 atom stereocenters. The van der Waals surface area contributed by atoms with Gasteiger partial charge in [-0.2, -0.15) is 0 Å². The number of phenols is 1. The number of ether oxygens (including phenoxy) is 2. The van der Waals surface area contributed by atoms with Gasteiger partial charge in [-0.1, -0.05) is 6.42 Å². The van der Waals surface area contributed by atoms with Gasteiger partial charge in [-0.05, 0) is 31.0 Å². The number of hydrogen-bond donors (Lipinski definition) is 2. The van der Waals surface area contributed by atoms with E-state index in [-0.39, 0.29) is 29.9 Å². The SMILES string of the molecule is COC(=O)[C@H]1CCC[C@@H](C(=O)O)[C@]2(C1)Oc1ccc(O)cc1C2=O. The molecule has 7 nitrogen and oxygen atoms in total. The van der Waals surface area contributed by atoms with Gasteiger partial charge in [0.2, 0.25) is 5.78 Å². The van der Waals surface area contributed by atoms with Gasteiger partial charge in [0, 0.05) is 6.42 Å². The summed E-state index contributed by atoms with van der Waals surface area (Å²) in [7, 11) is 1.26. The van der Waals surface area contributed by atoms with Crippen LogP contribution in [-0.2, 0) is 14.3 Å². The number of benzene rings is 1. The monoisotopic (exact) mass is 334 g/mol. The second-order valence-electron chi connectivity index (χ2n) is 6.25. The summed E-state index contributed by atoms with van der Waals surface area (Å²) in [6.45, 7) is 0. The molecule has 0 radical (unpaired) electrons. The molecular weight excluding hydrogens is 316 g/mol. The number of rotatable bonds is 2. The Labute approximate surface area is 138 Å². The highest BCUT2D eigenvalue weighted by Gasteiger charge is 2.58. The van der Waals surface area contributed by atoms with Crippen LogP contribution in [-0.4, -0.2) is 40.6 Å². The lowest BCUT2D eigenvalue weighted by molar-refractivity contribution is -0.152. The van der Waals surface area contributed by atoms with E-state index in [1.54, 1.807) is 0 Å². The molecule has 0 unspecified atom stereocenters.